The number of hydrogen-bond acceptors (Lipinski definition) is 6. The molecule has 27 heavy (non-hydrogen) atoms. The number of carbonyl (C=O) groups excluding carboxylic acids is 3. The predicted molar refractivity (Wildman–Crippen MR) is 94.7 cm³/mol. The highest BCUT2D eigenvalue weighted by molar-refractivity contribution is 6.16. The van der Waals surface area contributed by atoms with Crippen LogP contribution in [0.15, 0.2) is 48.2 Å². The molecule has 0 bridgehead atoms. The fourth-order valence-electron chi connectivity index (χ4n) is 2.41. The van der Waals surface area contributed by atoms with Gasteiger partial charge >= 0.3 is 6.03 Å². The number of aromatic hydroxyl groups is 3. The Morgan fingerprint density at radius 1 is 1.04 bits per heavy atom. The second-order valence-corrected chi connectivity index (χ2v) is 5.72. The predicted octanol–water partition coefficient (Wildman–Crippen LogP) is 1.33. The third-order valence-electron chi connectivity index (χ3n) is 3.73. The van der Waals surface area contributed by atoms with E-state index in [1.807, 2.05) is 0 Å². The van der Waals surface area contributed by atoms with Crippen molar-refractivity contribution in [3.63, 3.8) is 0 Å². The smallest absolute Gasteiger partial charge is 0.329 e. The number of phenolic OH excluding ortho intramolecular Hbond substituents is 3. The van der Waals surface area contributed by atoms with E-state index in [1.54, 1.807) is 0 Å². The molecule has 9 nitrogen and oxygen atoms in total. The van der Waals surface area contributed by atoms with E-state index in [0.717, 1.165) is 11.0 Å². The Balaban J connectivity index is 1.71. The second-order valence-electron chi connectivity index (χ2n) is 5.72. The van der Waals surface area contributed by atoms with Crippen molar-refractivity contribution in [3.05, 3.63) is 53.7 Å². The molecule has 1 fully saturated rings. The summed E-state index contributed by atoms with van der Waals surface area (Å²) in [5.74, 6) is -1.71. The van der Waals surface area contributed by atoms with Crippen LogP contribution >= 0.6 is 0 Å². The first-order chi connectivity index (χ1) is 12.8. The molecule has 0 unspecified atom stereocenters. The Morgan fingerprint density at radius 3 is 2.37 bits per heavy atom. The molecule has 2 aromatic rings. The van der Waals surface area contributed by atoms with Crippen LogP contribution in [0, 0.1) is 0 Å². The van der Waals surface area contributed by atoms with Gasteiger partial charge in [-0.15, -0.1) is 0 Å². The average molecular weight is 369 g/mol. The van der Waals surface area contributed by atoms with Gasteiger partial charge in [0.1, 0.15) is 29.5 Å². The number of imide groups is 1. The molecule has 0 aliphatic carbocycles. The van der Waals surface area contributed by atoms with Gasteiger partial charge in [0, 0.05) is 17.3 Å². The van der Waals surface area contributed by atoms with E-state index in [2.05, 4.69) is 10.6 Å². The Bertz CT molecular complexity index is 952. The van der Waals surface area contributed by atoms with Gasteiger partial charge in [-0.05, 0) is 42.5 Å². The van der Waals surface area contributed by atoms with Crippen molar-refractivity contribution in [2.24, 2.45) is 0 Å². The van der Waals surface area contributed by atoms with Gasteiger partial charge in [0.15, 0.2) is 0 Å². The van der Waals surface area contributed by atoms with Crippen LogP contribution in [0.4, 0.5) is 10.5 Å². The van der Waals surface area contributed by atoms with Crippen LogP contribution in [0.1, 0.15) is 5.56 Å². The molecule has 0 atom stereocenters. The largest absolute Gasteiger partial charge is 0.508 e. The van der Waals surface area contributed by atoms with Crippen LogP contribution in [-0.4, -0.2) is 44.6 Å². The number of nitrogens with zero attached hydrogens (tertiary/aromatic N) is 1. The first-order valence-electron chi connectivity index (χ1n) is 7.79. The van der Waals surface area contributed by atoms with E-state index < -0.39 is 24.4 Å². The monoisotopic (exact) mass is 369 g/mol. The number of urea groups is 1. The Morgan fingerprint density at radius 2 is 1.70 bits per heavy atom. The first kappa shape index (κ1) is 17.8. The number of phenols is 3. The highest BCUT2D eigenvalue weighted by Crippen LogP contribution is 2.25. The van der Waals surface area contributed by atoms with Crippen LogP contribution in [0.5, 0.6) is 17.2 Å². The molecule has 0 spiro atoms. The number of benzene rings is 2. The fourth-order valence-corrected chi connectivity index (χ4v) is 2.41. The molecule has 5 N–H and O–H groups in total. The number of amides is 4. The lowest BCUT2D eigenvalue weighted by atomic mass is 10.1. The standard InChI is InChI=1S/C18H15N3O6/c22-12-5-2-11(3-6-12)19-16(25)9-21-17(26)14(20-18(21)27)7-10-1-4-13(23)8-15(10)24/h1-8,22-24H,9H2,(H,19,25)(H,20,27)/b14-7-. The zero-order valence-electron chi connectivity index (χ0n) is 13.8. The number of rotatable bonds is 4. The maximum absolute atomic E-state index is 12.4. The van der Waals surface area contributed by atoms with Crippen LogP contribution in [0.3, 0.4) is 0 Å². The lowest BCUT2D eigenvalue weighted by Gasteiger charge is -2.12. The summed E-state index contributed by atoms with van der Waals surface area (Å²) in [6.45, 7) is -0.509. The summed E-state index contributed by atoms with van der Waals surface area (Å²) < 4.78 is 0. The third-order valence-corrected chi connectivity index (χ3v) is 3.73. The maximum atomic E-state index is 12.4. The van der Waals surface area contributed by atoms with Gasteiger partial charge in [-0.3, -0.25) is 9.59 Å². The molecule has 0 radical (unpaired) electrons. The topological polar surface area (TPSA) is 139 Å². The molecule has 4 amide bonds. The van der Waals surface area contributed by atoms with Gasteiger partial charge in [0.2, 0.25) is 5.91 Å². The lowest BCUT2D eigenvalue weighted by molar-refractivity contribution is -0.127. The second kappa shape index (κ2) is 7.08. The molecule has 1 saturated heterocycles. The van der Waals surface area contributed by atoms with Crippen molar-refractivity contribution in [3.8, 4) is 17.2 Å². The van der Waals surface area contributed by atoms with Crippen molar-refractivity contribution in [2.45, 2.75) is 0 Å². The molecule has 2 aromatic carbocycles. The molecule has 1 heterocycles. The van der Waals surface area contributed by atoms with E-state index in [1.165, 1.54) is 42.5 Å². The summed E-state index contributed by atoms with van der Waals surface area (Å²) in [6.07, 6.45) is 1.24. The van der Waals surface area contributed by atoms with Gasteiger partial charge in [-0.2, -0.15) is 0 Å². The molecule has 3 rings (SSSR count). The average Bonchev–Trinajstić information content (AvgIpc) is 2.87. The van der Waals surface area contributed by atoms with Crippen molar-refractivity contribution in [1.29, 1.82) is 0 Å². The summed E-state index contributed by atoms with van der Waals surface area (Å²) >= 11 is 0. The maximum Gasteiger partial charge on any atom is 0.329 e. The molecular formula is C18H15N3O6. The van der Waals surface area contributed by atoms with Crippen LogP contribution in [0.2, 0.25) is 0 Å². The van der Waals surface area contributed by atoms with Crippen molar-refractivity contribution in [1.82, 2.24) is 10.2 Å². The Hall–Kier alpha value is -4.01. The summed E-state index contributed by atoms with van der Waals surface area (Å²) in [7, 11) is 0. The first-order valence-corrected chi connectivity index (χ1v) is 7.79. The summed E-state index contributed by atoms with van der Waals surface area (Å²) in [5.41, 5.74) is 0.500. The summed E-state index contributed by atoms with van der Waals surface area (Å²) in [5, 5.41) is 33.1. The van der Waals surface area contributed by atoms with Crippen molar-refractivity contribution < 1.29 is 29.7 Å². The number of anilines is 1. The summed E-state index contributed by atoms with van der Waals surface area (Å²) in [4.78, 5) is 37.1. The normalized spacial score (nSPS) is 15.1. The summed E-state index contributed by atoms with van der Waals surface area (Å²) in [6, 6.07) is 8.72. The van der Waals surface area contributed by atoms with Crippen LogP contribution in [0.25, 0.3) is 6.08 Å². The van der Waals surface area contributed by atoms with Crippen LogP contribution in [-0.2, 0) is 9.59 Å². The molecule has 1 aliphatic heterocycles. The Labute approximate surface area is 153 Å². The van der Waals surface area contributed by atoms with Gasteiger partial charge in [0.25, 0.3) is 5.91 Å². The lowest BCUT2D eigenvalue weighted by Crippen LogP contribution is -2.38. The molecular weight excluding hydrogens is 354 g/mol. The Kier molecular flexibility index (Phi) is 4.67. The SMILES string of the molecule is O=C(CN1C(=O)N/C(=C\c2ccc(O)cc2O)C1=O)Nc1ccc(O)cc1. The highest BCUT2D eigenvalue weighted by Gasteiger charge is 2.35. The quantitative estimate of drug-likeness (QED) is 0.313. The molecule has 9 heteroatoms. The van der Waals surface area contributed by atoms with Gasteiger partial charge in [-0.1, -0.05) is 0 Å². The minimum atomic E-state index is -0.773. The minimum absolute atomic E-state index is 0.0364. The third kappa shape index (κ3) is 3.98. The number of carbonyl (C=O) groups is 3. The van der Waals surface area contributed by atoms with E-state index in [0.29, 0.717) is 5.69 Å². The highest BCUT2D eigenvalue weighted by atomic mass is 16.3. The molecule has 0 saturated carbocycles. The molecule has 1 aliphatic rings. The van der Waals surface area contributed by atoms with Crippen molar-refractivity contribution in [2.75, 3.05) is 11.9 Å². The minimum Gasteiger partial charge on any atom is -0.508 e. The van der Waals surface area contributed by atoms with E-state index in [4.69, 9.17) is 0 Å². The van der Waals surface area contributed by atoms with Gasteiger partial charge in [0.05, 0.1) is 0 Å². The zero-order valence-corrected chi connectivity index (χ0v) is 13.8. The fraction of sp³-hybridized carbons (Fsp3) is 0.0556. The van der Waals surface area contributed by atoms with Gasteiger partial charge in [-0.25, -0.2) is 9.69 Å². The van der Waals surface area contributed by atoms with Gasteiger partial charge < -0.3 is 26.0 Å². The van der Waals surface area contributed by atoms with E-state index in [-0.39, 0.29) is 28.5 Å². The number of nitrogens with one attached hydrogen (secondary N) is 2. The molecule has 0 aromatic heterocycles. The van der Waals surface area contributed by atoms with Crippen LogP contribution < -0.4 is 10.6 Å². The van der Waals surface area contributed by atoms with E-state index in [9.17, 15) is 29.7 Å². The van der Waals surface area contributed by atoms with Crippen molar-refractivity contribution >= 4 is 29.6 Å². The zero-order chi connectivity index (χ0) is 19.6. The van der Waals surface area contributed by atoms with E-state index >= 15 is 0 Å². The molecule has 138 valence electrons. The number of hydrogen-bond donors (Lipinski definition) is 5.